The summed E-state index contributed by atoms with van der Waals surface area (Å²) in [6.07, 6.45) is 0.599. The average molecular weight is 664 g/mol. The molecule has 0 bridgehead atoms. The topological polar surface area (TPSA) is 73.8 Å². The molecule has 46 heavy (non-hydrogen) atoms. The zero-order valence-electron chi connectivity index (χ0n) is 27.1. The molecule has 0 unspecified atom stereocenters. The lowest BCUT2D eigenvalue weighted by Gasteiger charge is -2.39. The van der Waals surface area contributed by atoms with E-state index in [1.165, 1.54) is 11.1 Å². The molecule has 2 heterocycles. The lowest BCUT2D eigenvalue weighted by atomic mass is 9.96. The van der Waals surface area contributed by atoms with Gasteiger partial charge in [0.15, 0.2) is 0 Å². The summed E-state index contributed by atoms with van der Waals surface area (Å²) in [4.78, 5) is 30.0. The molecule has 1 aliphatic rings. The van der Waals surface area contributed by atoms with Gasteiger partial charge >= 0.3 is 5.97 Å². The Morgan fingerprint density at radius 1 is 0.891 bits per heavy atom. The second kappa shape index (κ2) is 16.0. The summed E-state index contributed by atoms with van der Waals surface area (Å²) in [6.45, 7) is 9.29. The van der Waals surface area contributed by atoms with E-state index in [1.54, 1.807) is 0 Å². The van der Waals surface area contributed by atoms with E-state index in [4.69, 9.17) is 37.9 Å². The Kier molecular flexibility index (Phi) is 11.9. The minimum absolute atomic E-state index is 0.0963. The van der Waals surface area contributed by atoms with Crippen molar-refractivity contribution in [2.75, 3.05) is 58.7 Å². The summed E-state index contributed by atoms with van der Waals surface area (Å²) in [5.74, 6) is 1.39. The third-order valence-electron chi connectivity index (χ3n) is 8.18. The lowest BCUT2D eigenvalue weighted by molar-refractivity contribution is -0.145. The predicted molar refractivity (Wildman–Crippen MR) is 188 cm³/mol. The highest BCUT2D eigenvalue weighted by Gasteiger charge is 2.28. The van der Waals surface area contributed by atoms with Gasteiger partial charge in [-0.2, -0.15) is 0 Å². The first kappa shape index (κ1) is 34.1. The van der Waals surface area contributed by atoms with Crippen LogP contribution in [0.25, 0.3) is 10.9 Å². The normalized spacial score (nSPS) is 15.2. The third-order valence-corrected chi connectivity index (χ3v) is 8.68. The SMILES string of the molecule is CC(C)COC(=O)[C@H](CCN(C)C)Nc1nc(CN2CCN(C(c3ccc(Cl)cc3)c3ccc(Cl)cc3)CC2)nc2ccccc12. The molecular weight excluding hydrogens is 619 g/mol. The van der Waals surface area contributed by atoms with Crippen molar-refractivity contribution in [3.05, 3.63) is 99.8 Å². The minimum atomic E-state index is -0.520. The summed E-state index contributed by atoms with van der Waals surface area (Å²) in [5, 5.41) is 5.78. The molecule has 4 aromatic rings. The van der Waals surface area contributed by atoms with Crippen LogP contribution in [0.3, 0.4) is 0 Å². The lowest BCUT2D eigenvalue weighted by Crippen LogP contribution is -2.47. The number of fused-ring (bicyclic) bond motifs is 1. The Bertz CT molecular complexity index is 1530. The van der Waals surface area contributed by atoms with Gasteiger partial charge in [-0.1, -0.05) is 73.4 Å². The maximum atomic E-state index is 13.2. The molecule has 0 saturated carbocycles. The van der Waals surface area contributed by atoms with Gasteiger partial charge in [0.1, 0.15) is 17.7 Å². The van der Waals surface area contributed by atoms with Crippen molar-refractivity contribution >= 4 is 45.9 Å². The number of anilines is 1. The van der Waals surface area contributed by atoms with Crippen LogP contribution in [-0.2, 0) is 16.1 Å². The van der Waals surface area contributed by atoms with E-state index in [1.807, 2.05) is 76.5 Å². The second-order valence-corrected chi connectivity index (χ2v) is 13.5. The quantitative estimate of drug-likeness (QED) is 0.157. The highest BCUT2D eigenvalue weighted by Crippen LogP contribution is 2.31. The molecule has 1 saturated heterocycles. The Morgan fingerprint density at radius 2 is 1.50 bits per heavy atom. The van der Waals surface area contributed by atoms with E-state index in [2.05, 4.69) is 44.3 Å². The van der Waals surface area contributed by atoms with Crippen LogP contribution in [0.1, 0.15) is 43.3 Å². The van der Waals surface area contributed by atoms with Gasteiger partial charge < -0.3 is 15.0 Å². The number of piperazine rings is 1. The van der Waals surface area contributed by atoms with Crippen LogP contribution >= 0.6 is 23.2 Å². The number of ether oxygens (including phenoxy) is 1. The number of rotatable bonds is 13. The summed E-state index contributed by atoms with van der Waals surface area (Å²) in [7, 11) is 4.00. The highest BCUT2D eigenvalue weighted by molar-refractivity contribution is 6.30. The fourth-order valence-corrected chi connectivity index (χ4v) is 5.99. The van der Waals surface area contributed by atoms with E-state index in [0.29, 0.717) is 25.4 Å². The van der Waals surface area contributed by atoms with Crippen LogP contribution < -0.4 is 5.32 Å². The van der Waals surface area contributed by atoms with E-state index in [9.17, 15) is 4.79 Å². The molecule has 1 aromatic heterocycles. The first-order chi connectivity index (χ1) is 22.2. The number of nitrogens with zero attached hydrogens (tertiary/aromatic N) is 5. The van der Waals surface area contributed by atoms with Crippen molar-refractivity contribution in [3.63, 3.8) is 0 Å². The van der Waals surface area contributed by atoms with E-state index in [0.717, 1.165) is 59.5 Å². The second-order valence-electron chi connectivity index (χ2n) is 12.6. The number of aromatic nitrogens is 2. The first-order valence-corrected chi connectivity index (χ1v) is 16.7. The van der Waals surface area contributed by atoms with Crippen molar-refractivity contribution in [2.24, 2.45) is 5.92 Å². The van der Waals surface area contributed by atoms with Crippen LogP contribution in [0.2, 0.25) is 10.0 Å². The number of nitrogens with one attached hydrogen (secondary N) is 1. The van der Waals surface area contributed by atoms with Crippen LogP contribution in [0.15, 0.2) is 72.8 Å². The molecule has 10 heteroatoms. The van der Waals surface area contributed by atoms with E-state index >= 15 is 0 Å². The maximum Gasteiger partial charge on any atom is 0.328 e. The van der Waals surface area contributed by atoms with Gasteiger partial charge in [0.05, 0.1) is 24.7 Å². The van der Waals surface area contributed by atoms with Crippen molar-refractivity contribution in [3.8, 4) is 0 Å². The Balaban J connectivity index is 1.32. The molecule has 0 amide bonds. The zero-order chi connectivity index (χ0) is 32.6. The fourth-order valence-electron chi connectivity index (χ4n) is 5.74. The highest BCUT2D eigenvalue weighted by atomic mass is 35.5. The summed E-state index contributed by atoms with van der Waals surface area (Å²) >= 11 is 12.5. The molecule has 0 aliphatic carbocycles. The van der Waals surface area contributed by atoms with Crippen LogP contribution in [-0.4, -0.2) is 90.1 Å². The van der Waals surface area contributed by atoms with Crippen molar-refractivity contribution in [1.82, 2.24) is 24.7 Å². The molecule has 1 N–H and O–H groups in total. The van der Waals surface area contributed by atoms with E-state index < -0.39 is 6.04 Å². The molecule has 5 rings (SSSR count). The largest absolute Gasteiger partial charge is 0.464 e. The molecule has 1 fully saturated rings. The zero-order valence-corrected chi connectivity index (χ0v) is 28.6. The Morgan fingerprint density at radius 3 is 2.09 bits per heavy atom. The van der Waals surface area contributed by atoms with Crippen LogP contribution in [0, 0.1) is 5.92 Å². The maximum absolute atomic E-state index is 13.2. The third kappa shape index (κ3) is 9.17. The first-order valence-electron chi connectivity index (χ1n) is 16.0. The number of hydrogen-bond donors (Lipinski definition) is 1. The number of esters is 1. The van der Waals surface area contributed by atoms with Crippen molar-refractivity contribution < 1.29 is 9.53 Å². The van der Waals surface area contributed by atoms with Gasteiger partial charge in [0.2, 0.25) is 0 Å². The smallest absolute Gasteiger partial charge is 0.328 e. The molecular formula is C36H44Cl2N6O2. The van der Waals surface area contributed by atoms with Gasteiger partial charge in [0, 0.05) is 48.2 Å². The summed E-state index contributed by atoms with van der Waals surface area (Å²) in [6, 6.07) is 23.8. The standard InChI is InChI=1S/C36H44Cl2N6O2/c1-25(2)24-46-36(45)32(17-18-42(3)4)40-35-30-7-5-6-8-31(30)39-33(41-35)23-43-19-21-44(22-20-43)34(26-9-13-28(37)14-10-26)27-11-15-29(38)16-12-27/h5-16,25,32,34H,17-24H2,1-4H3,(H,39,40,41)/t32-/m0/s1. The molecule has 244 valence electrons. The molecule has 3 aromatic carbocycles. The van der Waals surface area contributed by atoms with Crippen LogP contribution in [0.5, 0.6) is 0 Å². The van der Waals surface area contributed by atoms with Crippen molar-refractivity contribution in [2.45, 2.75) is 38.9 Å². The van der Waals surface area contributed by atoms with Crippen molar-refractivity contribution in [1.29, 1.82) is 0 Å². The average Bonchev–Trinajstić information content (AvgIpc) is 3.04. The molecule has 0 radical (unpaired) electrons. The van der Waals surface area contributed by atoms with Gasteiger partial charge in [-0.25, -0.2) is 14.8 Å². The number of carbonyl (C=O) groups excluding carboxylic acids is 1. The number of carbonyl (C=O) groups is 1. The predicted octanol–water partition coefficient (Wildman–Crippen LogP) is 6.78. The number of para-hydroxylation sites is 1. The molecule has 1 atom stereocenters. The summed E-state index contributed by atoms with van der Waals surface area (Å²) < 4.78 is 5.65. The van der Waals surface area contributed by atoms with Gasteiger partial charge in [-0.3, -0.25) is 9.80 Å². The molecule has 8 nitrogen and oxygen atoms in total. The fraction of sp³-hybridized carbons (Fsp3) is 0.417. The summed E-state index contributed by atoms with van der Waals surface area (Å²) in [5.41, 5.74) is 3.25. The number of halogens is 2. The monoisotopic (exact) mass is 662 g/mol. The Labute approximate surface area is 282 Å². The van der Waals surface area contributed by atoms with Gasteiger partial charge in [-0.05, 0) is 74.0 Å². The number of hydrogen-bond acceptors (Lipinski definition) is 8. The Hall–Kier alpha value is -3.27. The van der Waals surface area contributed by atoms with Gasteiger partial charge in [-0.15, -0.1) is 0 Å². The molecule has 1 aliphatic heterocycles. The number of benzene rings is 3. The minimum Gasteiger partial charge on any atom is -0.464 e. The van der Waals surface area contributed by atoms with Crippen LogP contribution in [0.4, 0.5) is 5.82 Å². The molecule has 0 spiro atoms. The van der Waals surface area contributed by atoms with Gasteiger partial charge in [0.25, 0.3) is 0 Å². The van der Waals surface area contributed by atoms with E-state index in [-0.39, 0.29) is 17.9 Å².